The third-order valence-corrected chi connectivity index (χ3v) is 25.4. The van der Waals surface area contributed by atoms with Crippen LogP contribution in [0.15, 0.2) is 449 Å². The second-order valence-electron chi connectivity index (χ2n) is 33.8. The molecule has 18 aromatic carbocycles. The molecule has 0 spiro atoms. The third kappa shape index (κ3) is 14.9. The highest BCUT2D eigenvalue weighted by atomic mass is 16.5. The van der Waals surface area contributed by atoms with Gasteiger partial charge in [-0.3, -0.25) is 9.13 Å². The number of ether oxygens (including phenoxy) is 3. The van der Waals surface area contributed by atoms with Gasteiger partial charge in [0.15, 0.2) is 0 Å². The Bertz CT molecular complexity index is 8340. The largest absolute Gasteiger partial charge is 0.497 e. The van der Waals surface area contributed by atoms with Crippen molar-refractivity contribution >= 4 is 138 Å². The first kappa shape index (κ1) is 81.6. The Labute approximate surface area is 781 Å². The summed E-state index contributed by atoms with van der Waals surface area (Å²) < 4.78 is 26.4. The standard InChI is InChI=1S/C77H55N7.C44H34N4O3/c1-54-47-55(49-64(48-54)80(57-27-9-2-10-28-57)58-29-11-3-12-30-58)71-53-72(79-77(78-71)84-74-44-26-24-42-68(74)70-46-45-69-67-41-23-25-43-73(67)83(75(69)76(70)84)63-39-21-8-22-40-63)56-50-65(81(59-31-13-4-14-32-59)60-33-15-5-16-34-60)52-66(51-56)82(61-35-17-6-18-36-61)62-37-19-7-20-38-62;1-27-20-28(22-31(21-27)49-2)38-26-39(29-23-32(50-3)25-33(24-29)51-4)46-44(45-38)48-41-17-11-9-15-35(41)37-19-18-36-34-14-8-10-16-40(34)47(42(36)43(37)48)30-12-6-5-7-13-30/h2-53H,1H3;5-26H,1-4H3. The van der Waals surface area contributed by atoms with Crippen molar-refractivity contribution in [2.45, 2.75) is 13.8 Å². The molecule has 24 rings (SSSR count). The van der Waals surface area contributed by atoms with Crippen molar-refractivity contribution in [2.24, 2.45) is 0 Å². The van der Waals surface area contributed by atoms with Crippen molar-refractivity contribution in [1.82, 2.24) is 38.2 Å². The fourth-order valence-electron chi connectivity index (χ4n) is 19.6. The van der Waals surface area contributed by atoms with E-state index >= 15 is 0 Å². The molecule has 0 amide bonds. The summed E-state index contributed by atoms with van der Waals surface area (Å²) in [5.41, 5.74) is 28.6. The maximum absolute atomic E-state index is 5.90. The number of methoxy groups -OCH3 is 3. The van der Waals surface area contributed by atoms with Crippen molar-refractivity contribution in [3.05, 3.63) is 460 Å². The molecule has 0 radical (unpaired) electrons. The Kier molecular flexibility index (Phi) is 21.1. The number of rotatable bonds is 20. The van der Waals surface area contributed by atoms with Crippen molar-refractivity contribution in [3.8, 4) is 85.5 Å². The van der Waals surface area contributed by atoms with Gasteiger partial charge in [-0.15, -0.1) is 0 Å². The van der Waals surface area contributed by atoms with Crippen LogP contribution in [0.3, 0.4) is 0 Å². The van der Waals surface area contributed by atoms with Crippen LogP contribution in [0, 0.1) is 13.8 Å². The normalized spacial score (nSPS) is 11.4. The molecule has 6 heterocycles. The maximum atomic E-state index is 5.90. The number of fused-ring (bicyclic) bond motifs is 14. The first-order valence-electron chi connectivity index (χ1n) is 45.3. The van der Waals surface area contributed by atoms with Crippen molar-refractivity contribution in [3.63, 3.8) is 0 Å². The number of hydrogen-bond donors (Lipinski definition) is 0. The summed E-state index contributed by atoms with van der Waals surface area (Å²) in [6, 6.07) is 158. The summed E-state index contributed by atoms with van der Waals surface area (Å²) in [4.78, 5) is 29.4. The summed E-state index contributed by atoms with van der Waals surface area (Å²) in [6.07, 6.45) is 0. The van der Waals surface area contributed by atoms with Crippen molar-refractivity contribution in [1.29, 1.82) is 0 Å². The molecular formula is C121H89N11O3. The molecule has 0 saturated carbocycles. The Balaban J connectivity index is 0.000000172. The van der Waals surface area contributed by atoms with Gasteiger partial charge in [0.2, 0.25) is 11.9 Å². The van der Waals surface area contributed by atoms with Crippen LogP contribution in [0.25, 0.3) is 156 Å². The zero-order chi connectivity index (χ0) is 90.6. The van der Waals surface area contributed by atoms with Crippen LogP contribution >= 0.6 is 0 Å². The SMILES string of the molecule is COc1cc(C)cc(-c2cc(-c3cc(OC)cc(OC)c3)nc(-n3c4ccccc4c4ccc5c6ccccc6n(-c6ccccc6)c5c43)n2)c1.Cc1cc(-c2cc(-c3cc(N(c4ccccc4)c4ccccc4)cc(N(c4ccccc4)c4ccccc4)c3)nc(-n3c4ccccc4c4ccc5c6ccccc6n(-c6ccccc6)c5c43)n2)cc(N(c2ccccc2)c2ccccc2)c1. The number of aryl methyl sites for hydroxylation is 2. The van der Waals surface area contributed by atoms with Gasteiger partial charge >= 0.3 is 0 Å². The Hall–Kier alpha value is -17.9. The van der Waals surface area contributed by atoms with E-state index < -0.39 is 0 Å². The zero-order valence-corrected chi connectivity index (χ0v) is 74.9. The van der Waals surface area contributed by atoms with Crippen LogP contribution in [0.5, 0.6) is 17.2 Å². The van der Waals surface area contributed by atoms with Crippen LogP contribution in [0.4, 0.5) is 51.2 Å². The van der Waals surface area contributed by atoms with Gasteiger partial charge in [0.05, 0.1) is 88.2 Å². The number of benzene rings is 18. The summed E-state index contributed by atoms with van der Waals surface area (Å²) in [6.45, 7) is 4.24. The predicted molar refractivity (Wildman–Crippen MR) is 556 cm³/mol. The Morgan fingerprint density at radius 2 is 0.430 bits per heavy atom. The van der Waals surface area contributed by atoms with E-state index in [9.17, 15) is 0 Å². The first-order valence-corrected chi connectivity index (χ1v) is 45.3. The molecule has 0 saturated heterocycles. The van der Waals surface area contributed by atoms with Crippen LogP contribution in [0.2, 0.25) is 0 Å². The smallest absolute Gasteiger partial charge is 0.235 e. The third-order valence-electron chi connectivity index (χ3n) is 25.4. The lowest BCUT2D eigenvalue weighted by molar-refractivity contribution is 0.394. The van der Waals surface area contributed by atoms with Gasteiger partial charge in [-0.1, -0.05) is 243 Å². The molecule has 0 atom stereocenters. The Morgan fingerprint density at radius 1 is 0.193 bits per heavy atom. The number of hydrogen-bond acceptors (Lipinski definition) is 10. The van der Waals surface area contributed by atoms with Crippen LogP contribution < -0.4 is 28.9 Å². The average Bonchev–Trinajstić information content (AvgIpc) is 1.55. The van der Waals surface area contributed by atoms with E-state index in [0.717, 1.165) is 201 Å². The second-order valence-corrected chi connectivity index (χ2v) is 33.8. The van der Waals surface area contributed by atoms with E-state index in [1.165, 1.54) is 10.8 Å². The lowest BCUT2D eigenvalue weighted by Crippen LogP contribution is -2.14. The summed E-state index contributed by atoms with van der Waals surface area (Å²) in [7, 11) is 5.00. The molecule has 6 aromatic heterocycles. The number of anilines is 9. The van der Waals surface area contributed by atoms with Gasteiger partial charge in [-0.05, 0) is 225 Å². The van der Waals surface area contributed by atoms with E-state index in [1.807, 2.05) is 36.4 Å². The summed E-state index contributed by atoms with van der Waals surface area (Å²) in [5, 5.41) is 9.12. The number of aromatic nitrogens is 8. The minimum Gasteiger partial charge on any atom is -0.497 e. The molecule has 0 aliphatic rings. The van der Waals surface area contributed by atoms with Crippen LogP contribution in [-0.4, -0.2) is 59.5 Å². The molecule has 0 aliphatic carbocycles. The fraction of sp³-hybridized carbons (Fsp3) is 0.0413. The van der Waals surface area contributed by atoms with Crippen molar-refractivity contribution < 1.29 is 14.2 Å². The van der Waals surface area contributed by atoms with Gasteiger partial charge in [-0.25, -0.2) is 19.9 Å². The molecule has 24 aromatic rings. The minimum atomic E-state index is 0.549. The zero-order valence-electron chi connectivity index (χ0n) is 74.9. The Morgan fingerprint density at radius 3 is 0.741 bits per heavy atom. The van der Waals surface area contributed by atoms with E-state index in [4.69, 9.17) is 34.1 Å². The van der Waals surface area contributed by atoms with Gasteiger partial charge in [0.1, 0.15) is 17.2 Å². The van der Waals surface area contributed by atoms with E-state index in [0.29, 0.717) is 23.4 Å². The van der Waals surface area contributed by atoms with Gasteiger partial charge in [0, 0.05) is 134 Å². The van der Waals surface area contributed by atoms with Gasteiger partial charge in [-0.2, -0.15) is 0 Å². The quantitative estimate of drug-likeness (QED) is 0.0732. The lowest BCUT2D eigenvalue weighted by atomic mass is 10.0. The molecule has 14 heteroatoms. The molecule has 0 N–H and O–H groups in total. The highest BCUT2D eigenvalue weighted by Crippen LogP contribution is 2.49. The molecule has 0 aliphatic heterocycles. The number of para-hydroxylation sites is 12. The highest BCUT2D eigenvalue weighted by Gasteiger charge is 2.29. The summed E-state index contributed by atoms with van der Waals surface area (Å²) in [5.74, 6) is 3.22. The second kappa shape index (κ2) is 34.9. The molecule has 0 fully saturated rings. The van der Waals surface area contributed by atoms with E-state index in [1.54, 1.807) is 21.3 Å². The van der Waals surface area contributed by atoms with Gasteiger partial charge < -0.3 is 38.0 Å². The predicted octanol–water partition coefficient (Wildman–Crippen LogP) is 31.1. The topological polar surface area (TPSA) is 109 Å². The molecule has 0 bridgehead atoms. The van der Waals surface area contributed by atoms with Gasteiger partial charge in [0.25, 0.3) is 0 Å². The first-order chi connectivity index (χ1) is 66.6. The van der Waals surface area contributed by atoms with E-state index in [2.05, 4.69) is 459 Å². The molecule has 14 nitrogen and oxygen atoms in total. The summed E-state index contributed by atoms with van der Waals surface area (Å²) >= 11 is 0. The molecule has 0 unspecified atom stereocenters. The molecule has 135 heavy (non-hydrogen) atoms. The fourth-order valence-corrected chi connectivity index (χ4v) is 19.6. The average molecular weight is 1750 g/mol. The minimum absolute atomic E-state index is 0.549. The highest BCUT2D eigenvalue weighted by molar-refractivity contribution is 6.25. The lowest BCUT2D eigenvalue weighted by Gasteiger charge is -2.30. The van der Waals surface area contributed by atoms with E-state index in [-0.39, 0.29) is 0 Å². The maximum Gasteiger partial charge on any atom is 0.235 e. The molecule has 646 valence electrons. The number of nitrogens with zero attached hydrogens (tertiary/aromatic N) is 11. The monoisotopic (exact) mass is 1740 g/mol. The molecular weight excluding hydrogens is 1660 g/mol. The van der Waals surface area contributed by atoms with Crippen LogP contribution in [-0.2, 0) is 0 Å². The van der Waals surface area contributed by atoms with Crippen LogP contribution in [0.1, 0.15) is 11.1 Å². The van der Waals surface area contributed by atoms with Crippen molar-refractivity contribution in [2.75, 3.05) is 36.0 Å².